The molecule has 1 saturated heterocycles. The van der Waals surface area contributed by atoms with Crippen LogP contribution in [0.2, 0.25) is 0 Å². The monoisotopic (exact) mass is 221 g/mol. The van der Waals surface area contributed by atoms with Crippen LogP contribution in [0, 0.1) is 23.7 Å². The zero-order valence-corrected chi connectivity index (χ0v) is 10.1. The fourth-order valence-electron chi connectivity index (χ4n) is 4.30. The van der Waals surface area contributed by atoms with E-state index in [1.807, 2.05) is 0 Å². The Labute approximate surface area is 98.4 Å². The summed E-state index contributed by atoms with van der Waals surface area (Å²) in [6.45, 7) is 3.56. The summed E-state index contributed by atoms with van der Waals surface area (Å²) in [5, 5.41) is 0. The number of likely N-dealkylation sites (tertiary alicyclic amines) is 1. The first-order valence-electron chi connectivity index (χ1n) is 7.03. The van der Waals surface area contributed by atoms with Crippen LogP contribution in [0.25, 0.3) is 0 Å². The number of nitrogens with zero attached hydrogens (tertiary/aromatic N) is 1. The first-order chi connectivity index (χ1) is 7.85. The SMILES string of the molecule is O=CC1CCCN(CC2CC3CCC2C3)C1. The number of hydrogen-bond donors (Lipinski definition) is 0. The minimum absolute atomic E-state index is 0.326. The molecule has 2 aliphatic carbocycles. The quantitative estimate of drug-likeness (QED) is 0.682. The summed E-state index contributed by atoms with van der Waals surface area (Å²) in [4.78, 5) is 13.4. The van der Waals surface area contributed by atoms with Crippen LogP contribution in [-0.4, -0.2) is 30.8 Å². The maximum atomic E-state index is 10.8. The molecular weight excluding hydrogens is 198 g/mol. The van der Waals surface area contributed by atoms with Crippen molar-refractivity contribution in [2.45, 2.75) is 38.5 Å². The van der Waals surface area contributed by atoms with Crippen molar-refractivity contribution >= 4 is 6.29 Å². The number of piperidine rings is 1. The first-order valence-corrected chi connectivity index (χ1v) is 7.03. The van der Waals surface area contributed by atoms with E-state index in [1.165, 1.54) is 51.5 Å². The third-order valence-electron chi connectivity index (χ3n) is 5.11. The van der Waals surface area contributed by atoms with Crippen molar-refractivity contribution < 1.29 is 4.79 Å². The highest BCUT2D eigenvalue weighted by Gasteiger charge is 2.40. The van der Waals surface area contributed by atoms with E-state index in [2.05, 4.69) is 4.90 Å². The number of carbonyl (C=O) groups excluding carboxylic acids is 1. The fraction of sp³-hybridized carbons (Fsp3) is 0.929. The van der Waals surface area contributed by atoms with Gasteiger partial charge in [-0.2, -0.15) is 0 Å². The summed E-state index contributed by atoms with van der Waals surface area (Å²) in [5.74, 6) is 3.37. The van der Waals surface area contributed by atoms with Gasteiger partial charge in [0.25, 0.3) is 0 Å². The van der Waals surface area contributed by atoms with E-state index in [0.29, 0.717) is 5.92 Å². The molecule has 2 heteroatoms. The van der Waals surface area contributed by atoms with Gasteiger partial charge in [-0.25, -0.2) is 0 Å². The molecule has 0 aromatic carbocycles. The standard InChI is InChI=1S/C14H23NO/c16-10-12-2-1-5-15(8-12)9-14-7-11-3-4-13(14)6-11/h10-14H,1-9H2. The van der Waals surface area contributed by atoms with Gasteiger partial charge in [-0.1, -0.05) is 6.42 Å². The van der Waals surface area contributed by atoms with Crippen LogP contribution in [0.3, 0.4) is 0 Å². The minimum atomic E-state index is 0.326. The Morgan fingerprint density at radius 1 is 1.19 bits per heavy atom. The number of hydrogen-bond acceptors (Lipinski definition) is 2. The molecule has 0 N–H and O–H groups in total. The molecule has 1 heterocycles. The van der Waals surface area contributed by atoms with Crippen LogP contribution >= 0.6 is 0 Å². The van der Waals surface area contributed by atoms with Crippen LogP contribution < -0.4 is 0 Å². The van der Waals surface area contributed by atoms with E-state index in [0.717, 1.165) is 30.7 Å². The molecule has 4 unspecified atom stereocenters. The molecule has 0 radical (unpaired) electrons. The van der Waals surface area contributed by atoms with Gasteiger partial charge in [0.2, 0.25) is 0 Å². The predicted octanol–water partition coefficient (Wildman–Crippen LogP) is 2.33. The van der Waals surface area contributed by atoms with Crippen molar-refractivity contribution in [3.63, 3.8) is 0 Å². The van der Waals surface area contributed by atoms with Crippen molar-refractivity contribution in [2.24, 2.45) is 23.7 Å². The topological polar surface area (TPSA) is 20.3 Å². The summed E-state index contributed by atoms with van der Waals surface area (Å²) in [6.07, 6.45) is 9.49. The van der Waals surface area contributed by atoms with Crippen molar-refractivity contribution in [1.82, 2.24) is 4.90 Å². The Balaban J connectivity index is 1.52. The number of fused-ring (bicyclic) bond motifs is 2. The van der Waals surface area contributed by atoms with Gasteiger partial charge in [0.05, 0.1) is 0 Å². The first kappa shape index (κ1) is 10.8. The van der Waals surface area contributed by atoms with Crippen LogP contribution in [0.1, 0.15) is 38.5 Å². The van der Waals surface area contributed by atoms with E-state index >= 15 is 0 Å². The maximum absolute atomic E-state index is 10.8. The molecule has 2 nitrogen and oxygen atoms in total. The normalized spacial score (nSPS) is 43.8. The number of rotatable bonds is 3. The number of aldehydes is 1. The largest absolute Gasteiger partial charge is 0.303 e. The Bertz CT molecular complexity index is 265. The third kappa shape index (κ3) is 2.04. The molecule has 0 aromatic rings. The molecule has 16 heavy (non-hydrogen) atoms. The molecule has 3 aliphatic rings. The summed E-state index contributed by atoms with van der Waals surface area (Å²) >= 11 is 0. The highest BCUT2D eigenvalue weighted by molar-refractivity contribution is 5.53. The summed E-state index contributed by atoms with van der Waals surface area (Å²) in [6, 6.07) is 0. The predicted molar refractivity (Wildman–Crippen MR) is 64.2 cm³/mol. The molecule has 0 amide bonds. The van der Waals surface area contributed by atoms with Gasteiger partial charge in [0.15, 0.2) is 0 Å². The zero-order chi connectivity index (χ0) is 11.0. The van der Waals surface area contributed by atoms with Crippen LogP contribution in [0.4, 0.5) is 0 Å². The molecule has 3 fully saturated rings. The second-order valence-corrected chi connectivity index (χ2v) is 6.23. The molecule has 0 aromatic heterocycles. The second-order valence-electron chi connectivity index (χ2n) is 6.23. The van der Waals surface area contributed by atoms with Crippen LogP contribution in [-0.2, 0) is 4.79 Å². The van der Waals surface area contributed by atoms with E-state index in [-0.39, 0.29) is 0 Å². The molecular formula is C14H23NO. The summed E-state index contributed by atoms with van der Waals surface area (Å²) < 4.78 is 0. The van der Waals surface area contributed by atoms with Crippen molar-refractivity contribution in [3.8, 4) is 0 Å². The molecule has 4 atom stereocenters. The van der Waals surface area contributed by atoms with Gasteiger partial charge in [0.1, 0.15) is 6.29 Å². The van der Waals surface area contributed by atoms with Gasteiger partial charge >= 0.3 is 0 Å². The lowest BCUT2D eigenvalue weighted by Gasteiger charge is -2.34. The van der Waals surface area contributed by atoms with E-state index in [4.69, 9.17) is 0 Å². The van der Waals surface area contributed by atoms with Crippen molar-refractivity contribution in [1.29, 1.82) is 0 Å². The smallest absolute Gasteiger partial charge is 0.124 e. The van der Waals surface area contributed by atoms with E-state index in [1.54, 1.807) is 0 Å². The van der Waals surface area contributed by atoms with E-state index < -0.39 is 0 Å². The fourth-order valence-corrected chi connectivity index (χ4v) is 4.30. The highest BCUT2D eigenvalue weighted by atomic mass is 16.1. The molecule has 90 valence electrons. The Morgan fingerprint density at radius 3 is 2.81 bits per heavy atom. The van der Waals surface area contributed by atoms with Gasteiger partial charge in [-0.15, -0.1) is 0 Å². The van der Waals surface area contributed by atoms with Gasteiger partial charge in [-0.3, -0.25) is 0 Å². The Kier molecular flexibility index (Phi) is 3.01. The summed E-state index contributed by atoms with van der Waals surface area (Å²) in [5.41, 5.74) is 0. The average Bonchev–Trinajstić information content (AvgIpc) is 2.91. The van der Waals surface area contributed by atoms with Gasteiger partial charge in [-0.05, 0) is 56.4 Å². The summed E-state index contributed by atoms with van der Waals surface area (Å²) in [7, 11) is 0. The van der Waals surface area contributed by atoms with Crippen molar-refractivity contribution in [3.05, 3.63) is 0 Å². The Morgan fingerprint density at radius 2 is 2.12 bits per heavy atom. The van der Waals surface area contributed by atoms with Crippen LogP contribution in [0.5, 0.6) is 0 Å². The lowest BCUT2D eigenvalue weighted by Crippen LogP contribution is -2.40. The molecule has 1 aliphatic heterocycles. The molecule has 2 saturated carbocycles. The lowest BCUT2D eigenvalue weighted by atomic mass is 9.87. The third-order valence-corrected chi connectivity index (χ3v) is 5.11. The number of carbonyl (C=O) groups is 1. The zero-order valence-electron chi connectivity index (χ0n) is 10.1. The van der Waals surface area contributed by atoms with Gasteiger partial charge < -0.3 is 9.69 Å². The van der Waals surface area contributed by atoms with E-state index in [9.17, 15) is 4.79 Å². The van der Waals surface area contributed by atoms with Crippen molar-refractivity contribution in [2.75, 3.05) is 19.6 Å². The second kappa shape index (κ2) is 4.48. The average molecular weight is 221 g/mol. The van der Waals surface area contributed by atoms with Crippen LogP contribution in [0.15, 0.2) is 0 Å². The maximum Gasteiger partial charge on any atom is 0.124 e. The Hall–Kier alpha value is -0.370. The highest BCUT2D eigenvalue weighted by Crippen LogP contribution is 2.48. The lowest BCUT2D eigenvalue weighted by molar-refractivity contribution is -0.112. The molecule has 0 spiro atoms. The van der Waals surface area contributed by atoms with Gasteiger partial charge in [0, 0.05) is 19.0 Å². The molecule has 2 bridgehead atoms. The minimum Gasteiger partial charge on any atom is -0.303 e. The molecule has 3 rings (SSSR count).